The Labute approximate surface area is 180 Å². The summed E-state index contributed by atoms with van der Waals surface area (Å²) in [5.74, 6) is 1.30. The Morgan fingerprint density at radius 2 is 1.84 bits per heavy atom. The number of nitrogens with zero attached hydrogens (tertiary/aromatic N) is 2. The first-order chi connectivity index (χ1) is 15.1. The maximum Gasteiger partial charge on any atom is 0.325 e. The van der Waals surface area contributed by atoms with Crippen LogP contribution in [0.15, 0.2) is 41.4 Å². The van der Waals surface area contributed by atoms with Crippen LogP contribution in [-0.2, 0) is 20.9 Å². The summed E-state index contributed by atoms with van der Waals surface area (Å²) in [6.45, 7) is 0.850. The van der Waals surface area contributed by atoms with Gasteiger partial charge in [0.1, 0.15) is 26.4 Å². The lowest BCUT2D eigenvalue weighted by atomic mass is 10.2. The molecule has 9 nitrogen and oxygen atoms in total. The molecule has 0 saturated heterocycles. The number of carbonyl (C=O) groups is 2. The van der Waals surface area contributed by atoms with Crippen molar-refractivity contribution in [1.29, 1.82) is 0 Å². The number of rotatable bonds is 3. The third kappa shape index (κ3) is 3.70. The zero-order valence-corrected chi connectivity index (χ0v) is 17.3. The van der Waals surface area contributed by atoms with Crippen molar-refractivity contribution in [2.24, 2.45) is 4.99 Å². The molecular formula is C21H18N2O7S. The second kappa shape index (κ2) is 7.95. The quantitative estimate of drug-likeness (QED) is 0.572. The van der Waals surface area contributed by atoms with Gasteiger partial charge in [0, 0.05) is 12.1 Å². The highest BCUT2D eigenvalue weighted by atomic mass is 32.1. The highest BCUT2D eigenvalue weighted by Crippen LogP contribution is 2.36. The van der Waals surface area contributed by atoms with Gasteiger partial charge in [-0.1, -0.05) is 23.5 Å². The Morgan fingerprint density at radius 3 is 2.61 bits per heavy atom. The zero-order chi connectivity index (χ0) is 21.4. The largest absolute Gasteiger partial charge is 0.486 e. The molecule has 1 aromatic heterocycles. The number of benzene rings is 2. The fraction of sp³-hybridized carbons (Fsp3) is 0.286. The van der Waals surface area contributed by atoms with E-state index in [1.54, 1.807) is 28.8 Å². The summed E-state index contributed by atoms with van der Waals surface area (Å²) in [6.07, 6.45) is -0.883. The number of fused-ring (bicyclic) bond motifs is 3. The van der Waals surface area contributed by atoms with E-state index in [4.69, 9.17) is 23.7 Å². The second-order valence-electron chi connectivity index (χ2n) is 6.82. The smallest absolute Gasteiger partial charge is 0.325 e. The van der Waals surface area contributed by atoms with Crippen molar-refractivity contribution in [3.05, 3.63) is 41.2 Å². The molecule has 5 rings (SSSR count). The number of ether oxygens (including phenoxy) is 5. The summed E-state index contributed by atoms with van der Waals surface area (Å²) >= 11 is 1.26. The summed E-state index contributed by atoms with van der Waals surface area (Å²) in [5.41, 5.74) is 0.692. The van der Waals surface area contributed by atoms with Crippen LogP contribution in [0, 0.1) is 0 Å². The van der Waals surface area contributed by atoms with E-state index in [1.165, 1.54) is 18.4 Å². The Balaban J connectivity index is 1.54. The van der Waals surface area contributed by atoms with Crippen molar-refractivity contribution < 1.29 is 33.3 Å². The standard InChI is InChI=1S/C21H18N2O7S/c1-26-19(24)10-23-12-8-15-16(28-7-6-27-15)9-18(12)31-21(23)22-20(25)17-11-29-13-4-2-3-5-14(13)30-17/h2-5,8-9,17H,6-7,10-11H2,1H3/t17-/m0/s1. The lowest BCUT2D eigenvalue weighted by Crippen LogP contribution is -2.37. The van der Waals surface area contributed by atoms with Crippen LogP contribution >= 0.6 is 11.3 Å². The number of esters is 1. The fourth-order valence-corrected chi connectivity index (χ4v) is 4.39. The lowest BCUT2D eigenvalue weighted by Gasteiger charge is -2.23. The van der Waals surface area contributed by atoms with Crippen molar-refractivity contribution in [3.63, 3.8) is 0 Å². The molecule has 2 aliphatic rings. The molecule has 10 heteroatoms. The minimum Gasteiger partial charge on any atom is -0.486 e. The molecule has 1 amide bonds. The predicted octanol–water partition coefficient (Wildman–Crippen LogP) is 1.91. The summed E-state index contributed by atoms with van der Waals surface area (Å²) in [5, 5.41) is 0. The average molecular weight is 442 g/mol. The summed E-state index contributed by atoms with van der Waals surface area (Å²) in [6, 6.07) is 10.7. The van der Waals surface area contributed by atoms with E-state index in [2.05, 4.69) is 4.99 Å². The Morgan fingerprint density at radius 1 is 1.10 bits per heavy atom. The lowest BCUT2D eigenvalue weighted by molar-refractivity contribution is -0.141. The first kappa shape index (κ1) is 19.4. The summed E-state index contributed by atoms with van der Waals surface area (Å²) in [4.78, 5) is 29.5. The molecule has 160 valence electrons. The van der Waals surface area contributed by atoms with Crippen LogP contribution in [0.25, 0.3) is 10.2 Å². The summed E-state index contributed by atoms with van der Waals surface area (Å²) < 4.78 is 29.9. The van der Waals surface area contributed by atoms with E-state index in [9.17, 15) is 9.59 Å². The number of para-hydroxylation sites is 2. The topological polar surface area (TPSA) is 97.6 Å². The molecule has 1 atom stereocenters. The van der Waals surface area contributed by atoms with Gasteiger partial charge in [0.25, 0.3) is 5.91 Å². The number of carbonyl (C=O) groups excluding carboxylic acids is 2. The molecule has 2 aromatic carbocycles. The molecule has 0 aliphatic carbocycles. The first-order valence-corrected chi connectivity index (χ1v) is 10.4. The second-order valence-corrected chi connectivity index (χ2v) is 7.83. The number of hydrogen-bond acceptors (Lipinski definition) is 8. The van der Waals surface area contributed by atoms with Crippen LogP contribution in [0.1, 0.15) is 0 Å². The van der Waals surface area contributed by atoms with Crippen molar-refractivity contribution in [3.8, 4) is 23.0 Å². The molecule has 0 N–H and O–H groups in total. The van der Waals surface area contributed by atoms with E-state index in [1.807, 2.05) is 12.1 Å². The van der Waals surface area contributed by atoms with E-state index in [0.29, 0.717) is 46.5 Å². The molecule has 0 radical (unpaired) electrons. The predicted molar refractivity (Wildman–Crippen MR) is 110 cm³/mol. The number of thiazole rings is 1. The van der Waals surface area contributed by atoms with E-state index in [0.717, 1.165) is 4.70 Å². The summed E-state index contributed by atoms with van der Waals surface area (Å²) in [7, 11) is 1.31. The Bertz CT molecular complexity index is 1250. The van der Waals surface area contributed by atoms with Crippen LogP contribution in [0.3, 0.4) is 0 Å². The van der Waals surface area contributed by atoms with E-state index < -0.39 is 18.0 Å². The molecule has 3 aromatic rings. The van der Waals surface area contributed by atoms with Crippen molar-refractivity contribution in [2.45, 2.75) is 12.6 Å². The van der Waals surface area contributed by atoms with Gasteiger partial charge in [-0.2, -0.15) is 4.99 Å². The molecule has 3 heterocycles. The van der Waals surface area contributed by atoms with Gasteiger partial charge in [0.15, 0.2) is 27.8 Å². The third-order valence-corrected chi connectivity index (χ3v) is 5.89. The highest BCUT2D eigenvalue weighted by Gasteiger charge is 2.27. The average Bonchev–Trinajstić information content (AvgIpc) is 3.12. The van der Waals surface area contributed by atoms with Gasteiger partial charge in [0.05, 0.1) is 17.3 Å². The van der Waals surface area contributed by atoms with Crippen LogP contribution in [0.2, 0.25) is 0 Å². The molecule has 31 heavy (non-hydrogen) atoms. The van der Waals surface area contributed by atoms with Gasteiger partial charge in [0.2, 0.25) is 6.10 Å². The third-order valence-electron chi connectivity index (χ3n) is 4.85. The minimum atomic E-state index is -0.883. The van der Waals surface area contributed by atoms with Gasteiger partial charge in [-0.15, -0.1) is 0 Å². The van der Waals surface area contributed by atoms with Crippen LogP contribution < -0.4 is 23.7 Å². The maximum absolute atomic E-state index is 12.9. The van der Waals surface area contributed by atoms with Crippen LogP contribution in [-0.4, -0.2) is 49.5 Å². The minimum absolute atomic E-state index is 0.0528. The zero-order valence-electron chi connectivity index (χ0n) is 16.5. The number of methoxy groups -OCH3 is 1. The number of hydrogen-bond donors (Lipinski definition) is 0. The van der Waals surface area contributed by atoms with Crippen molar-refractivity contribution in [1.82, 2.24) is 4.57 Å². The molecule has 0 bridgehead atoms. The van der Waals surface area contributed by atoms with E-state index >= 15 is 0 Å². The monoisotopic (exact) mass is 442 g/mol. The van der Waals surface area contributed by atoms with E-state index in [-0.39, 0.29) is 13.2 Å². The first-order valence-electron chi connectivity index (χ1n) is 9.59. The molecule has 0 saturated carbocycles. The van der Waals surface area contributed by atoms with Gasteiger partial charge >= 0.3 is 5.97 Å². The van der Waals surface area contributed by atoms with Gasteiger partial charge < -0.3 is 28.3 Å². The van der Waals surface area contributed by atoms with Crippen molar-refractivity contribution in [2.75, 3.05) is 26.9 Å². The molecular weight excluding hydrogens is 424 g/mol. The normalized spacial score (nSPS) is 17.5. The Hall–Kier alpha value is -3.53. The number of amides is 1. The SMILES string of the molecule is COC(=O)Cn1c(=NC(=O)[C@@H]2COc3ccccc3O2)sc2cc3c(cc21)OCCO3. The number of aromatic nitrogens is 1. The Kier molecular flexibility index (Phi) is 4.99. The highest BCUT2D eigenvalue weighted by molar-refractivity contribution is 7.16. The van der Waals surface area contributed by atoms with Gasteiger partial charge in [-0.05, 0) is 12.1 Å². The van der Waals surface area contributed by atoms with Crippen LogP contribution in [0.5, 0.6) is 23.0 Å². The molecule has 0 fully saturated rings. The fourth-order valence-electron chi connectivity index (χ4n) is 3.35. The maximum atomic E-state index is 12.9. The molecule has 0 spiro atoms. The molecule has 0 unspecified atom stereocenters. The molecule has 2 aliphatic heterocycles. The van der Waals surface area contributed by atoms with Gasteiger partial charge in [-0.25, -0.2) is 0 Å². The van der Waals surface area contributed by atoms with Crippen molar-refractivity contribution >= 4 is 33.4 Å². The van der Waals surface area contributed by atoms with Crippen LogP contribution in [0.4, 0.5) is 0 Å². The van der Waals surface area contributed by atoms with Gasteiger partial charge in [-0.3, -0.25) is 9.59 Å².